The predicted molar refractivity (Wildman–Crippen MR) is 138 cm³/mol. The molecule has 0 aliphatic carbocycles. The van der Waals surface area contributed by atoms with Gasteiger partial charge < -0.3 is 20.7 Å². The molecule has 1 fully saturated rings. The maximum absolute atomic E-state index is 12.3. The Bertz CT molecular complexity index is 1370. The van der Waals surface area contributed by atoms with Crippen LogP contribution in [0.4, 0.5) is 16.3 Å². The summed E-state index contributed by atoms with van der Waals surface area (Å²) in [6.45, 7) is 6.80. The first-order chi connectivity index (χ1) is 16.3. The molecule has 0 radical (unpaired) electrons. The van der Waals surface area contributed by atoms with Crippen LogP contribution < -0.4 is 16.0 Å². The number of nitrogens with two attached hydrogens (primary N) is 1. The smallest absolute Gasteiger partial charge is 0.407 e. The van der Waals surface area contributed by atoms with Crippen molar-refractivity contribution in [3.05, 3.63) is 35.1 Å². The molecule has 0 saturated carbocycles. The second kappa shape index (κ2) is 9.30. The van der Waals surface area contributed by atoms with Crippen molar-refractivity contribution in [1.82, 2.24) is 19.9 Å². The number of carbonyl (C=O) groups excluding carboxylic acids is 1. The van der Waals surface area contributed by atoms with E-state index in [1.54, 1.807) is 28.8 Å². The first-order valence-electron chi connectivity index (χ1n) is 11.2. The zero-order valence-electron chi connectivity index (χ0n) is 20.1. The van der Waals surface area contributed by atoms with E-state index in [4.69, 9.17) is 10.5 Å². The first-order valence-corrected chi connectivity index (χ1v) is 13.9. The molecule has 0 spiro atoms. The number of anilines is 2. The van der Waals surface area contributed by atoms with Crippen LogP contribution in [-0.4, -0.2) is 60.1 Å². The number of hydrogen-bond donors (Lipinski definition) is 2. The Morgan fingerprint density at radius 1 is 1.26 bits per heavy atom. The molecule has 1 atom stereocenters. The normalized spacial score (nSPS) is 16.9. The summed E-state index contributed by atoms with van der Waals surface area (Å²) in [6.07, 6.45) is 3.80. The number of alkyl carbamates (subject to hydrolysis) is 1. The van der Waals surface area contributed by atoms with Crippen LogP contribution >= 0.6 is 15.9 Å². The number of aromatic nitrogens is 3. The van der Waals surface area contributed by atoms with Gasteiger partial charge >= 0.3 is 6.09 Å². The number of piperidine rings is 1. The highest BCUT2D eigenvalue weighted by Crippen LogP contribution is 2.43. The summed E-state index contributed by atoms with van der Waals surface area (Å²) >= 11 is 3.75. The van der Waals surface area contributed by atoms with Gasteiger partial charge in [-0.2, -0.15) is 5.10 Å². The van der Waals surface area contributed by atoms with Crippen LogP contribution in [0.25, 0.3) is 16.8 Å². The fourth-order valence-electron chi connectivity index (χ4n) is 4.24. The quantitative estimate of drug-likeness (QED) is 0.490. The highest BCUT2D eigenvalue weighted by atomic mass is 79.9. The largest absolute Gasteiger partial charge is 0.444 e. The van der Waals surface area contributed by atoms with Crippen LogP contribution in [-0.2, 0) is 14.6 Å². The van der Waals surface area contributed by atoms with E-state index in [-0.39, 0.29) is 10.9 Å². The number of halogens is 1. The number of nitrogens with zero attached hydrogens (tertiary/aromatic N) is 4. The molecule has 35 heavy (non-hydrogen) atoms. The summed E-state index contributed by atoms with van der Waals surface area (Å²) in [4.78, 5) is 18.9. The first kappa shape index (κ1) is 25.2. The summed E-state index contributed by atoms with van der Waals surface area (Å²) < 4.78 is 31.7. The van der Waals surface area contributed by atoms with Gasteiger partial charge in [0.2, 0.25) is 0 Å². The molecule has 3 heterocycles. The van der Waals surface area contributed by atoms with Gasteiger partial charge in [-0.05, 0) is 61.7 Å². The van der Waals surface area contributed by atoms with Crippen LogP contribution in [0.1, 0.15) is 33.6 Å². The Morgan fingerprint density at radius 3 is 2.57 bits per heavy atom. The van der Waals surface area contributed by atoms with E-state index in [0.29, 0.717) is 17.9 Å². The molecule has 0 bridgehead atoms. The summed E-state index contributed by atoms with van der Waals surface area (Å²) in [7, 11) is -3.32. The van der Waals surface area contributed by atoms with Gasteiger partial charge in [-0.1, -0.05) is 12.1 Å². The molecular formula is C23H29BrN6O4S. The van der Waals surface area contributed by atoms with Crippen molar-refractivity contribution in [2.24, 2.45) is 0 Å². The molecule has 1 aliphatic heterocycles. The summed E-state index contributed by atoms with van der Waals surface area (Å²) in [5, 5.41) is 7.41. The maximum atomic E-state index is 12.3. The molecular weight excluding hydrogens is 536 g/mol. The van der Waals surface area contributed by atoms with Crippen LogP contribution in [0, 0.1) is 0 Å². The number of rotatable bonds is 4. The van der Waals surface area contributed by atoms with E-state index in [1.165, 1.54) is 12.6 Å². The molecule has 1 saturated heterocycles. The molecule has 1 aromatic carbocycles. The lowest BCUT2D eigenvalue weighted by molar-refractivity contribution is 0.0500. The number of hydrogen-bond acceptors (Lipinski definition) is 8. The fourth-order valence-corrected chi connectivity index (χ4v) is 5.70. The third kappa shape index (κ3) is 5.37. The third-order valence-corrected chi connectivity index (χ3v) is 7.56. The standard InChI is InChI=1S/C23H29BrN6O4S/c1-23(2,3)34-22(31)28-15-6-5-11-29(12-15)19-17(24)18(30-20(19)21(25)26-13-27-30)14-7-9-16(10-8-14)35(4,32)33/h7-10,13,15H,5-6,11-12H2,1-4H3,(H,28,31)(H2,25,26,27)/t15-/m1/s1. The van der Waals surface area contributed by atoms with Crippen LogP contribution in [0.3, 0.4) is 0 Å². The van der Waals surface area contributed by atoms with E-state index >= 15 is 0 Å². The lowest BCUT2D eigenvalue weighted by atomic mass is 10.0. The predicted octanol–water partition coefficient (Wildman–Crippen LogP) is 3.64. The number of nitrogen functional groups attached to an aromatic ring is 1. The van der Waals surface area contributed by atoms with E-state index < -0.39 is 21.5 Å². The molecule has 3 N–H and O–H groups in total. The monoisotopic (exact) mass is 564 g/mol. The SMILES string of the molecule is CC(C)(C)OC(=O)N[C@@H]1CCCN(c2c(Br)c(-c3ccc(S(C)(=O)=O)cc3)n3ncnc(N)c23)C1. The van der Waals surface area contributed by atoms with Gasteiger partial charge in [0.05, 0.1) is 20.7 Å². The Labute approximate surface area is 212 Å². The van der Waals surface area contributed by atoms with E-state index in [9.17, 15) is 13.2 Å². The highest BCUT2D eigenvalue weighted by molar-refractivity contribution is 9.10. The van der Waals surface area contributed by atoms with Crippen molar-refractivity contribution in [2.45, 2.75) is 50.2 Å². The van der Waals surface area contributed by atoms with Crippen LogP contribution in [0.5, 0.6) is 0 Å². The number of nitrogens with one attached hydrogen (secondary N) is 1. The topological polar surface area (TPSA) is 132 Å². The average Bonchev–Trinajstić information content (AvgIpc) is 3.05. The second-order valence-corrected chi connectivity index (χ2v) is 12.5. The Balaban J connectivity index is 1.72. The van der Waals surface area contributed by atoms with Crippen molar-refractivity contribution < 1.29 is 17.9 Å². The second-order valence-electron chi connectivity index (χ2n) is 9.64. The zero-order chi connectivity index (χ0) is 25.5. The van der Waals surface area contributed by atoms with Crippen LogP contribution in [0.2, 0.25) is 0 Å². The molecule has 188 valence electrons. The average molecular weight is 565 g/mol. The number of carbonyl (C=O) groups is 1. The van der Waals surface area contributed by atoms with Gasteiger partial charge in [0.1, 0.15) is 17.4 Å². The minimum atomic E-state index is -3.32. The van der Waals surface area contributed by atoms with Gasteiger partial charge in [0, 0.05) is 31.0 Å². The Kier molecular flexibility index (Phi) is 6.71. The molecule has 3 aromatic rings. The number of benzene rings is 1. The van der Waals surface area contributed by atoms with E-state index in [1.807, 2.05) is 20.8 Å². The molecule has 1 aliphatic rings. The van der Waals surface area contributed by atoms with Crippen LogP contribution in [0.15, 0.2) is 40.0 Å². The van der Waals surface area contributed by atoms with Crippen molar-refractivity contribution >= 4 is 48.9 Å². The van der Waals surface area contributed by atoms with Crippen molar-refractivity contribution in [3.63, 3.8) is 0 Å². The lowest BCUT2D eigenvalue weighted by Crippen LogP contribution is -2.49. The van der Waals surface area contributed by atoms with Crippen molar-refractivity contribution in [3.8, 4) is 11.3 Å². The molecule has 12 heteroatoms. The number of fused-ring (bicyclic) bond motifs is 1. The van der Waals surface area contributed by atoms with Crippen molar-refractivity contribution in [2.75, 3.05) is 30.0 Å². The maximum Gasteiger partial charge on any atom is 0.407 e. The van der Waals surface area contributed by atoms with Gasteiger partial charge in [-0.3, -0.25) is 0 Å². The fraction of sp³-hybridized carbons (Fsp3) is 0.435. The zero-order valence-corrected chi connectivity index (χ0v) is 22.5. The summed E-state index contributed by atoms with van der Waals surface area (Å²) in [5.41, 5.74) is 8.68. The molecule has 1 amide bonds. The number of ether oxygens (including phenoxy) is 1. The molecule has 4 rings (SSSR count). The summed E-state index contributed by atoms with van der Waals surface area (Å²) in [6, 6.07) is 6.52. The minimum Gasteiger partial charge on any atom is -0.444 e. The molecule has 10 nitrogen and oxygen atoms in total. The molecule has 2 aromatic heterocycles. The molecule has 0 unspecified atom stereocenters. The van der Waals surface area contributed by atoms with Crippen molar-refractivity contribution in [1.29, 1.82) is 0 Å². The number of sulfone groups is 1. The lowest BCUT2D eigenvalue weighted by Gasteiger charge is -2.35. The van der Waals surface area contributed by atoms with Gasteiger partial charge in [-0.15, -0.1) is 0 Å². The van der Waals surface area contributed by atoms with E-state index in [0.717, 1.165) is 40.8 Å². The Hall–Kier alpha value is -2.86. The Morgan fingerprint density at radius 2 is 1.94 bits per heavy atom. The highest BCUT2D eigenvalue weighted by Gasteiger charge is 2.30. The third-order valence-electron chi connectivity index (χ3n) is 5.68. The van der Waals surface area contributed by atoms with Gasteiger partial charge in [0.15, 0.2) is 15.7 Å². The van der Waals surface area contributed by atoms with Gasteiger partial charge in [0.25, 0.3) is 0 Å². The number of amides is 1. The van der Waals surface area contributed by atoms with E-state index in [2.05, 4.69) is 36.2 Å². The minimum absolute atomic E-state index is 0.108. The summed E-state index contributed by atoms with van der Waals surface area (Å²) in [5.74, 6) is 0.317. The van der Waals surface area contributed by atoms with Gasteiger partial charge in [-0.25, -0.2) is 22.7 Å².